The molecular formula is C24H20ClN3O3. The van der Waals surface area contributed by atoms with Crippen molar-refractivity contribution in [2.24, 2.45) is 0 Å². The molecular weight excluding hydrogens is 414 g/mol. The Kier molecular flexibility index (Phi) is 5.73. The molecule has 0 amide bonds. The molecule has 4 rings (SSSR count). The average Bonchev–Trinajstić information content (AvgIpc) is 2.77. The highest BCUT2D eigenvalue weighted by molar-refractivity contribution is 6.31. The van der Waals surface area contributed by atoms with Crippen molar-refractivity contribution in [3.05, 3.63) is 71.4 Å². The molecule has 0 radical (unpaired) electrons. The van der Waals surface area contributed by atoms with E-state index in [0.717, 1.165) is 27.6 Å². The number of aromatic nitrogens is 2. The average molecular weight is 434 g/mol. The highest BCUT2D eigenvalue weighted by Gasteiger charge is 2.18. The van der Waals surface area contributed by atoms with Crippen LogP contribution in [-0.2, 0) is 11.2 Å². The first-order chi connectivity index (χ1) is 15.0. The van der Waals surface area contributed by atoms with Gasteiger partial charge in [-0.3, -0.25) is 4.79 Å². The van der Waals surface area contributed by atoms with E-state index in [0.29, 0.717) is 27.8 Å². The number of carbonyl (C=O) groups is 1. The second kappa shape index (κ2) is 8.62. The van der Waals surface area contributed by atoms with E-state index < -0.39 is 5.97 Å². The minimum atomic E-state index is -0.881. The summed E-state index contributed by atoms with van der Waals surface area (Å²) in [7, 11) is 3.35. The number of carboxylic acids is 1. The lowest BCUT2D eigenvalue weighted by atomic mass is 9.93. The monoisotopic (exact) mass is 433 g/mol. The first kappa shape index (κ1) is 20.6. The molecule has 1 heterocycles. The second-order valence-corrected chi connectivity index (χ2v) is 7.43. The van der Waals surface area contributed by atoms with Crippen LogP contribution in [0.3, 0.4) is 0 Å². The number of nitrogens with one attached hydrogen (secondary N) is 1. The molecule has 0 fully saturated rings. The van der Waals surface area contributed by atoms with E-state index in [-0.39, 0.29) is 6.42 Å². The SMILES string of the molecule is CNc1ncc2c(-c3cccc(Cl)c3)cc(-c3cccc(CC(=O)O)c3)c(OC)c2n1. The molecule has 0 atom stereocenters. The Labute approximate surface area is 184 Å². The van der Waals surface area contributed by atoms with Gasteiger partial charge >= 0.3 is 5.97 Å². The summed E-state index contributed by atoms with van der Waals surface area (Å²) >= 11 is 6.26. The van der Waals surface area contributed by atoms with E-state index in [4.69, 9.17) is 16.3 Å². The molecule has 7 heteroatoms. The van der Waals surface area contributed by atoms with Crippen LogP contribution in [0.5, 0.6) is 5.75 Å². The fourth-order valence-corrected chi connectivity index (χ4v) is 3.82. The Bertz CT molecular complexity index is 1290. The van der Waals surface area contributed by atoms with Gasteiger partial charge in [0.1, 0.15) is 5.52 Å². The van der Waals surface area contributed by atoms with E-state index in [9.17, 15) is 9.90 Å². The third-order valence-corrected chi connectivity index (χ3v) is 5.22. The van der Waals surface area contributed by atoms with Crippen LogP contribution in [0.25, 0.3) is 33.2 Å². The molecule has 0 saturated carbocycles. The maximum absolute atomic E-state index is 11.2. The van der Waals surface area contributed by atoms with E-state index in [1.165, 1.54) is 0 Å². The zero-order valence-corrected chi connectivity index (χ0v) is 17.8. The number of anilines is 1. The van der Waals surface area contributed by atoms with Gasteiger partial charge in [0.25, 0.3) is 0 Å². The zero-order chi connectivity index (χ0) is 22.0. The molecule has 0 unspecified atom stereocenters. The minimum Gasteiger partial charge on any atom is -0.494 e. The van der Waals surface area contributed by atoms with Crippen molar-refractivity contribution >= 4 is 34.4 Å². The molecule has 2 N–H and O–H groups in total. The van der Waals surface area contributed by atoms with Gasteiger partial charge in [-0.1, -0.05) is 48.0 Å². The predicted molar refractivity (Wildman–Crippen MR) is 123 cm³/mol. The van der Waals surface area contributed by atoms with Crippen molar-refractivity contribution < 1.29 is 14.6 Å². The molecule has 6 nitrogen and oxygen atoms in total. The highest BCUT2D eigenvalue weighted by atomic mass is 35.5. The van der Waals surface area contributed by atoms with Gasteiger partial charge in [0, 0.05) is 29.2 Å². The van der Waals surface area contributed by atoms with E-state index in [2.05, 4.69) is 15.3 Å². The molecule has 0 spiro atoms. The van der Waals surface area contributed by atoms with Crippen LogP contribution in [0.15, 0.2) is 60.8 Å². The summed E-state index contributed by atoms with van der Waals surface area (Å²) in [5.41, 5.74) is 4.82. The molecule has 0 aliphatic rings. The molecule has 0 bridgehead atoms. The summed E-state index contributed by atoms with van der Waals surface area (Å²) in [6, 6.07) is 17.0. The number of nitrogens with zero attached hydrogens (tertiary/aromatic N) is 2. The third kappa shape index (κ3) is 4.15. The number of methoxy groups -OCH3 is 1. The lowest BCUT2D eigenvalue weighted by Crippen LogP contribution is -2.01. The summed E-state index contributed by atoms with van der Waals surface area (Å²) in [5, 5.41) is 13.6. The van der Waals surface area contributed by atoms with Crippen LogP contribution in [0.4, 0.5) is 5.95 Å². The van der Waals surface area contributed by atoms with Gasteiger partial charge < -0.3 is 15.2 Å². The molecule has 156 valence electrons. The summed E-state index contributed by atoms with van der Waals surface area (Å²) in [4.78, 5) is 20.2. The van der Waals surface area contributed by atoms with Crippen molar-refractivity contribution in [2.75, 3.05) is 19.5 Å². The van der Waals surface area contributed by atoms with Crippen LogP contribution in [0, 0.1) is 0 Å². The van der Waals surface area contributed by atoms with Gasteiger partial charge in [-0.25, -0.2) is 9.97 Å². The minimum absolute atomic E-state index is 0.0586. The Balaban J connectivity index is 2.04. The highest BCUT2D eigenvalue weighted by Crippen LogP contribution is 2.42. The maximum atomic E-state index is 11.2. The smallest absolute Gasteiger partial charge is 0.307 e. The van der Waals surface area contributed by atoms with Crippen LogP contribution in [0.1, 0.15) is 5.56 Å². The van der Waals surface area contributed by atoms with E-state index >= 15 is 0 Å². The largest absolute Gasteiger partial charge is 0.494 e. The number of hydrogen-bond acceptors (Lipinski definition) is 5. The molecule has 1 aromatic heterocycles. The van der Waals surface area contributed by atoms with Crippen LogP contribution in [-0.4, -0.2) is 35.2 Å². The Morgan fingerprint density at radius 2 is 1.84 bits per heavy atom. The van der Waals surface area contributed by atoms with E-state index in [1.807, 2.05) is 48.5 Å². The normalized spacial score (nSPS) is 10.8. The van der Waals surface area contributed by atoms with Gasteiger partial charge in [-0.2, -0.15) is 0 Å². The number of hydrogen-bond donors (Lipinski definition) is 2. The summed E-state index contributed by atoms with van der Waals surface area (Å²) in [5.74, 6) is 0.181. The van der Waals surface area contributed by atoms with Gasteiger partial charge in [-0.15, -0.1) is 0 Å². The van der Waals surface area contributed by atoms with Crippen molar-refractivity contribution in [1.29, 1.82) is 0 Å². The number of carboxylic acid groups (broad SMARTS) is 1. The number of aliphatic carboxylic acids is 1. The fraction of sp³-hybridized carbons (Fsp3) is 0.125. The summed E-state index contributed by atoms with van der Waals surface area (Å²) < 4.78 is 5.79. The molecule has 0 aliphatic carbocycles. The quantitative estimate of drug-likeness (QED) is 0.429. The summed E-state index contributed by atoms with van der Waals surface area (Å²) in [6.07, 6.45) is 1.70. The second-order valence-electron chi connectivity index (χ2n) is 6.99. The van der Waals surface area contributed by atoms with Crippen molar-refractivity contribution in [1.82, 2.24) is 9.97 Å². The Hall–Kier alpha value is -3.64. The van der Waals surface area contributed by atoms with E-state index in [1.54, 1.807) is 26.4 Å². The zero-order valence-electron chi connectivity index (χ0n) is 17.0. The lowest BCUT2D eigenvalue weighted by molar-refractivity contribution is -0.136. The number of halogens is 1. The number of benzene rings is 3. The van der Waals surface area contributed by atoms with Crippen molar-refractivity contribution in [3.63, 3.8) is 0 Å². The molecule has 4 aromatic rings. The third-order valence-electron chi connectivity index (χ3n) is 4.98. The number of rotatable bonds is 6. The topological polar surface area (TPSA) is 84.3 Å². The Morgan fingerprint density at radius 1 is 1.10 bits per heavy atom. The molecule has 0 aliphatic heterocycles. The number of fused-ring (bicyclic) bond motifs is 1. The van der Waals surface area contributed by atoms with Crippen LogP contribution >= 0.6 is 11.6 Å². The van der Waals surface area contributed by atoms with Gasteiger partial charge in [0.05, 0.1) is 13.5 Å². The maximum Gasteiger partial charge on any atom is 0.307 e. The van der Waals surface area contributed by atoms with Gasteiger partial charge in [0.15, 0.2) is 5.75 Å². The fourth-order valence-electron chi connectivity index (χ4n) is 3.63. The predicted octanol–water partition coefficient (Wildman–Crippen LogP) is 5.29. The van der Waals surface area contributed by atoms with Crippen molar-refractivity contribution in [2.45, 2.75) is 6.42 Å². The first-order valence-corrected chi connectivity index (χ1v) is 10.0. The number of ether oxygens (including phenoxy) is 1. The first-order valence-electron chi connectivity index (χ1n) is 9.62. The van der Waals surface area contributed by atoms with Gasteiger partial charge in [0.2, 0.25) is 5.95 Å². The molecule has 0 saturated heterocycles. The lowest BCUT2D eigenvalue weighted by Gasteiger charge is -2.16. The van der Waals surface area contributed by atoms with Gasteiger partial charge in [-0.05, 0) is 40.5 Å². The van der Waals surface area contributed by atoms with Crippen LogP contribution < -0.4 is 10.1 Å². The van der Waals surface area contributed by atoms with Crippen LogP contribution in [0.2, 0.25) is 5.02 Å². The summed E-state index contributed by atoms with van der Waals surface area (Å²) in [6.45, 7) is 0. The Morgan fingerprint density at radius 3 is 2.52 bits per heavy atom. The molecule has 3 aromatic carbocycles. The van der Waals surface area contributed by atoms with Crippen molar-refractivity contribution in [3.8, 4) is 28.0 Å². The molecule has 31 heavy (non-hydrogen) atoms. The standard InChI is InChI=1S/C24H20ClN3O3/c1-26-24-27-13-20-18(16-7-4-8-17(25)11-16)12-19(23(31-2)22(20)28-24)15-6-3-5-14(9-15)10-21(29)30/h3-9,11-13H,10H2,1-2H3,(H,29,30)(H,26,27,28).